The highest BCUT2D eigenvalue weighted by Gasteiger charge is 2.16. The SMILES string of the molecule is Cc1ccc([N+](=O)[O-])cc1NC(=O)C(=O)Nc1ccccc1. The minimum absolute atomic E-state index is 0.163. The first-order chi connectivity index (χ1) is 10.5. The van der Waals surface area contributed by atoms with Crippen molar-refractivity contribution in [3.05, 3.63) is 64.2 Å². The topological polar surface area (TPSA) is 101 Å². The van der Waals surface area contributed by atoms with Crippen LogP contribution in [0.5, 0.6) is 0 Å². The van der Waals surface area contributed by atoms with Gasteiger partial charge in [0.2, 0.25) is 0 Å². The molecule has 2 aromatic carbocycles. The highest BCUT2D eigenvalue weighted by atomic mass is 16.6. The number of hydrogen-bond acceptors (Lipinski definition) is 4. The molecule has 0 spiro atoms. The average molecular weight is 299 g/mol. The number of nitrogens with zero attached hydrogens (tertiary/aromatic N) is 1. The molecule has 0 aliphatic rings. The monoisotopic (exact) mass is 299 g/mol. The fourth-order valence-electron chi connectivity index (χ4n) is 1.75. The molecule has 7 heteroatoms. The number of aryl methyl sites for hydroxylation is 1. The number of rotatable bonds is 3. The minimum Gasteiger partial charge on any atom is -0.318 e. The molecule has 0 heterocycles. The van der Waals surface area contributed by atoms with E-state index in [0.29, 0.717) is 11.3 Å². The zero-order valence-corrected chi connectivity index (χ0v) is 11.7. The van der Waals surface area contributed by atoms with Crippen LogP contribution in [0.25, 0.3) is 0 Å². The second-order valence-corrected chi connectivity index (χ2v) is 4.53. The van der Waals surface area contributed by atoms with Crippen LogP contribution in [0.4, 0.5) is 17.1 Å². The van der Waals surface area contributed by atoms with E-state index in [9.17, 15) is 19.7 Å². The second kappa shape index (κ2) is 6.49. The summed E-state index contributed by atoms with van der Waals surface area (Å²) < 4.78 is 0. The summed E-state index contributed by atoms with van der Waals surface area (Å²) in [4.78, 5) is 33.8. The number of carbonyl (C=O) groups is 2. The van der Waals surface area contributed by atoms with E-state index in [4.69, 9.17) is 0 Å². The molecular weight excluding hydrogens is 286 g/mol. The highest BCUT2D eigenvalue weighted by Crippen LogP contribution is 2.21. The van der Waals surface area contributed by atoms with Gasteiger partial charge in [0.25, 0.3) is 5.69 Å². The first kappa shape index (κ1) is 15.2. The van der Waals surface area contributed by atoms with Crippen LogP contribution in [0.1, 0.15) is 5.56 Å². The van der Waals surface area contributed by atoms with Crippen molar-refractivity contribution < 1.29 is 14.5 Å². The van der Waals surface area contributed by atoms with E-state index in [1.807, 2.05) is 0 Å². The van der Waals surface area contributed by atoms with Crippen molar-refractivity contribution in [3.63, 3.8) is 0 Å². The molecule has 2 amide bonds. The molecule has 7 nitrogen and oxygen atoms in total. The lowest BCUT2D eigenvalue weighted by molar-refractivity contribution is -0.384. The molecule has 0 saturated heterocycles. The van der Waals surface area contributed by atoms with Crippen molar-refractivity contribution in [1.82, 2.24) is 0 Å². The molecule has 2 rings (SSSR count). The molecule has 0 bridgehead atoms. The van der Waals surface area contributed by atoms with E-state index in [1.165, 1.54) is 18.2 Å². The third-order valence-electron chi connectivity index (χ3n) is 2.92. The van der Waals surface area contributed by atoms with Crippen molar-refractivity contribution in [1.29, 1.82) is 0 Å². The zero-order valence-electron chi connectivity index (χ0n) is 11.7. The third-order valence-corrected chi connectivity index (χ3v) is 2.92. The number of nitro benzene ring substituents is 1. The highest BCUT2D eigenvalue weighted by molar-refractivity contribution is 6.43. The molecule has 0 fully saturated rings. The molecule has 2 N–H and O–H groups in total. The minimum atomic E-state index is -0.896. The standard InChI is InChI=1S/C15H13N3O4/c1-10-7-8-12(18(21)22)9-13(10)17-15(20)14(19)16-11-5-3-2-4-6-11/h2-9H,1H3,(H,16,19)(H,17,20). The van der Waals surface area contributed by atoms with Crippen LogP contribution in [0, 0.1) is 17.0 Å². The van der Waals surface area contributed by atoms with Gasteiger partial charge >= 0.3 is 11.8 Å². The smallest absolute Gasteiger partial charge is 0.314 e. The summed E-state index contributed by atoms with van der Waals surface area (Å²) in [6.07, 6.45) is 0. The van der Waals surface area contributed by atoms with Crippen LogP contribution in [-0.2, 0) is 9.59 Å². The van der Waals surface area contributed by atoms with Crippen LogP contribution in [-0.4, -0.2) is 16.7 Å². The van der Waals surface area contributed by atoms with Gasteiger partial charge in [-0.25, -0.2) is 0 Å². The van der Waals surface area contributed by atoms with Gasteiger partial charge in [-0.1, -0.05) is 24.3 Å². The summed E-state index contributed by atoms with van der Waals surface area (Å²) in [6.45, 7) is 1.68. The molecule has 22 heavy (non-hydrogen) atoms. The summed E-state index contributed by atoms with van der Waals surface area (Å²) in [5, 5.41) is 15.5. The summed E-state index contributed by atoms with van der Waals surface area (Å²) in [5.41, 5.74) is 1.16. The first-order valence-corrected chi connectivity index (χ1v) is 6.40. The van der Waals surface area contributed by atoms with Gasteiger partial charge in [0.1, 0.15) is 0 Å². The van der Waals surface area contributed by atoms with E-state index < -0.39 is 16.7 Å². The Bertz CT molecular complexity index is 729. The van der Waals surface area contributed by atoms with Crippen LogP contribution >= 0.6 is 0 Å². The van der Waals surface area contributed by atoms with Crippen LogP contribution in [0.2, 0.25) is 0 Å². The van der Waals surface area contributed by atoms with Crippen molar-refractivity contribution in [2.45, 2.75) is 6.92 Å². The van der Waals surface area contributed by atoms with Crippen molar-refractivity contribution in [2.75, 3.05) is 10.6 Å². The number of nitrogens with one attached hydrogen (secondary N) is 2. The molecule has 112 valence electrons. The number of para-hydroxylation sites is 1. The number of non-ortho nitro benzene ring substituents is 1. The molecule has 0 aliphatic heterocycles. The Hall–Kier alpha value is -3.22. The number of anilines is 2. The summed E-state index contributed by atoms with van der Waals surface area (Å²) in [6, 6.07) is 12.5. The lowest BCUT2D eigenvalue weighted by Gasteiger charge is -2.08. The molecule has 0 atom stereocenters. The molecule has 0 radical (unpaired) electrons. The van der Waals surface area contributed by atoms with Crippen LogP contribution < -0.4 is 10.6 Å². The van der Waals surface area contributed by atoms with Gasteiger partial charge in [-0.15, -0.1) is 0 Å². The quantitative estimate of drug-likeness (QED) is 0.516. The Morgan fingerprint density at radius 1 is 1.00 bits per heavy atom. The lowest BCUT2D eigenvalue weighted by atomic mass is 10.2. The molecular formula is C15H13N3O4. The van der Waals surface area contributed by atoms with Gasteiger partial charge in [-0.2, -0.15) is 0 Å². The number of carbonyl (C=O) groups excluding carboxylic acids is 2. The normalized spacial score (nSPS) is 9.86. The van der Waals surface area contributed by atoms with E-state index in [-0.39, 0.29) is 11.4 Å². The van der Waals surface area contributed by atoms with Gasteiger partial charge in [-0.3, -0.25) is 19.7 Å². The van der Waals surface area contributed by atoms with Crippen molar-refractivity contribution in [3.8, 4) is 0 Å². The number of nitro groups is 1. The van der Waals surface area contributed by atoms with Crippen LogP contribution in [0.15, 0.2) is 48.5 Å². The van der Waals surface area contributed by atoms with Gasteiger partial charge in [0, 0.05) is 17.8 Å². The largest absolute Gasteiger partial charge is 0.318 e. The molecule has 0 aromatic heterocycles. The predicted molar refractivity (Wildman–Crippen MR) is 81.5 cm³/mol. The zero-order chi connectivity index (χ0) is 16.1. The van der Waals surface area contributed by atoms with Gasteiger partial charge in [0.05, 0.1) is 10.6 Å². The van der Waals surface area contributed by atoms with Crippen LogP contribution in [0.3, 0.4) is 0 Å². The van der Waals surface area contributed by atoms with Gasteiger partial charge in [0.15, 0.2) is 0 Å². The second-order valence-electron chi connectivity index (χ2n) is 4.53. The number of benzene rings is 2. The first-order valence-electron chi connectivity index (χ1n) is 6.40. The summed E-state index contributed by atoms with van der Waals surface area (Å²) in [7, 11) is 0. The summed E-state index contributed by atoms with van der Waals surface area (Å²) in [5.74, 6) is -1.75. The molecule has 0 aliphatic carbocycles. The number of amides is 2. The Labute approximate surface area is 126 Å². The maximum atomic E-state index is 11.9. The lowest BCUT2D eigenvalue weighted by Crippen LogP contribution is -2.29. The third kappa shape index (κ3) is 3.66. The summed E-state index contributed by atoms with van der Waals surface area (Å²) >= 11 is 0. The maximum Gasteiger partial charge on any atom is 0.314 e. The van der Waals surface area contributed by atoms with E-state index in [2.05, 4.69) is 10.6 Å². The maximum absolute atomic E-state index is 11.9. The number of hydrogen-bond donors (Lipinski definition) is 2. The van der Waals surface area contributed by atoms with Crippen molar-refractivity contribution >= 4 is 28.9 Å². The average Bonchev–Trinajstić information content (AvgIpc) is 2.50. The van der Waals surface area contributed by atoms with E-state index >= 15 is 0 Å². The fraction of sp³-hybridized carbons (Fsp3) is 0.0667. The van der Waals surface area contributed by atoms with E-state index in [0.717, 1.165) is 0 Å². The Balaban J connectivity index is 2.10. The van der Waals surface area contributed by atoms with E-state index in [1.54, 1.807) is 37.3 Å². The van der Waals surface area contributed by atoms with Gasteiger partial charge in [-0.05, 0) is 24.6 Å². The fourth-order valence-corrected chi connectivity index (χ4v) is 1.75. The Morgan fingerprint density at radius 3 is 2.27 bits per heavy atom. The predicted octanol–water partition coefficient (Wildman–Crippen LogP) is 2.48. The molecule has 2 aromatic rings. The molecule has 0 saturated carbocycles. The Morgan fingerprint density at radius 2 is 1.64 bits per heavy atom. The Kier molecular flexibility index (Phi) is 4.47. The van der Waals surface area contributed by atoms with Gasteiger partial charge < -0.3 is 10.6 Å². The van der Waals surface area contributed by atoms with Crippen molar-refractivity contribution in [2.24, 2.45) is 0 Å². The molecule has 0 unspecified atom stereocenters.